The zero-order valence-electron chi connectivity index (χ0n) is 11.5. The van der Waals surface area contributed by atoms with Gasteiger partial charge in [-0.05, 0) is 25.7 Å². The van der Waals surface area contributed by atoms with Crippen LogP contribution in [0.5, 0.6) is 0 Å². The molecule has 2 aromatic rings. The highest BCUT2D eigenvalue weighted by molar-refractivity contribution is 5.61. The van der Waals surface area contributed by atoms with Crippen LogP contribution in [0.15, 0.2) is 12.4 Å². The molecule has 2 aromatic heterocycles. The number of aryl methyl sites for hydroxylation is 1. The van der Waals surface area contributed by atoms with Gasteiger partial charge in [-0.25, -0.2) is 4.98 Å². The molecular formula is C14H21N5. The molecule has 1 aliphatic rings. The van der Waals surface area contributed by atoms with Gasteiger partial charge in [0, 0.05) is 18.9 Å². The van der Waals surface area contributed by atoms with Gasteiger partial charge in [-0.15, -0.1) is 10.2 Å². The third-order valence-electron chi connectivity index (χ3n) is 4.05. The zero-order valence-corrected chi connectivity index (χ0v) is 11.5. The third-order valence-corrected chi connectivity index (χ3v) is 4.05. The molecule has 1 saturated carbocycles. The third kappa shape index (κ3) is 2.69. The highest BCUT2D eigenvalue weighted by Gasteiger charge is 2.14. The summed E-state index contributed by atoms with van der Waals surface area (Å²) in [5.74, 6) is 2.70. The zero-order chi connectivity index (χ0) is 13.1. The lowest BCUT2D eigenvalue weighted by atomic mass is 10.0. The van der Waals surface area contributed by atoms with E-state index in [9.17, 15) is 0 Å². The Hall–Kier alpha value is -1.65. The van der Waals surface area contributed by atoms with E-state index in [1.165, 1.54) is 38.5 Å². The normalized spacial score (nSPS) is 16.3. The second kappa shape index (κ2) is 5.55. The fourth-order valence-electron chi connectivity index (χ4n) is 2.96. The summed E-state index contributed by atoms with van der Waals surface area (Å²) in [6, 6.07) is 0. The van der Waals surface area contributed by atoms with Crippen molar-refractivity contribution in [3.05, 3.63) is 18.2 Å². The summed E-state index contributed by atoms with van der Waals surface area (Å²) in [5.41, 5.74) is 0.820. The number of aromatic nitrogens is 4. The molecular weight excluding hydrogens is 238 g/mol. The average molecular weight is 259 g/mol. The van der Waals surface area contributed by atoms with Crippen LogP contribution in [-0.2, 0) is 0 Å². The van der Waals surface area contributed by atoms with Crippen molar-refractivity contribution in [3.8, 4) is 0 Å². The van der Waals surface area contributed by atoms with Crippen molar-refractivity contribution in [3.63, 3.8) is 0 Å². The van der Waals surface area contributed by atoms with Crippen molar-refractivity contribution in [1.82, 2.24) is 19.6 Å². The first-order valence-electron chi connectivity index (χ1n) is 7.25. The van der Waals surface area contributed by atoms with Crippen LogP contribution >= 0.6 is 0 Å². The molecule has 3 rings (SSSR count). The van der Waals surface area contributed by atoms with Gasteiger partial charge in [0.05, 0.1) is 0 Å². The summed E-state index contributed by atoms with van der Waals surface area (Å²) < 4.78 is 1.96. The number of rotatable bonds is 5. The second-order valence-corrected chi connectivity index (χ2v) is 5.44. The summed E-state index contributed by atoms with van der Waals surface area (Å²) in [4.78, 5) is 4.36. The van der Waals surface area contributed by atoms with Crippen LogP contribution in [0.4, 0.5) is 5.82 Å². The van der Waals surface area contributed by atoms with Gasteiger partial charge in [-0.3, -0.25) is 4.40 Å². The highest BCUT2D eigenvalue weighted by atomic mass is 15.3. The maximum absolute atomic E-state index is 4.36. The summed E-state index contributed by atoms with van der Waals surface area (Å²) in [7, 11) is 0. The van der Waals surface area contributed by atoms with Crippen molar-refractivity contribution >= 4 is 11.5 Å². The van der Waals surface area contributed by atoms with Gasteiger partial charge in [0.15, 0.2) is 5.82 Å². The van der Waals surface area contributed by atoms with Gasteiger partial charge in [-0.2, -0.15) is 0 Å². The minimum absolute atomic E-state index is 0.820. The summed E-state index contributed by atoms with van der Waals surface area (Å²) in [5, 5.41) is 11.6. The van der Waals surface area contributed by atoms with Crippen LogP contribution in [0.3, 0.4) is 0 Å². The van der Waals surface area contributed by atoms with E-state index in [4.69, 9.17) is 0 Å². The molecule has 102 valence electrons. The minimum Gasteiger partial charge on any atom is -0.367 e. The number of hydrogen-bond donors (Lipinski definition) is 1. The monoisotopic (exact) mass is 259 g/mol. The molecule has 5 heteroatoms. The van der Waals surface area contributed by atoms with E-state index in [-0.39, 0.29) is 0 Å². The van der Waals surface area contributed by atoms with Crippen LogP contribution in [-0.4, -0.2) is 26.1 Å². The van der Waals surface area contributed by atoms with E-state index in [0.717, 1.165) is 29.8 Å². The minimum atomic E-state index is 0.820. The van der Waals surface area contributed by atoms with Gasteiger partial charge in [0.25, 0.3) is 0 Å². The molecule has 1 fully saturated rings. The lowest BCUT2D eigenvalue weighted by molar-refractivity contribution is 0.491. The number of hydrogen-bond acceptors (Lipinski definition) is 4. The average Bonchev–Trinajstić information content (AvgIpc) is 3.06. The van der Waals surface area contributed by atoms with Crippen molar-refractivity contribution in [1.29, 1.82) is 0 Å². The molecule has 5 nitrogen and oxygen atoms in total. The number of nitrogens with one attached hydrogen (secondary N) is 1. The van der Waals surface area contributed by atoms with E-state index in [2.05, 4.69) is 20.5 Å². The van der Waals surface area contributed by atoms with Crippen LogP contribution < -0.4 is 5.32 Å². The Morgan fingerprint density at radius 2 is 2.16 bits per heavy atom. The van der Waals surface area contributed by atoms with Crippen LogP contribution in [0.25, 0.3) is 5.65 Å². The maximum atomic E-state index is 4.36. The highest BCUT2D eigenvalue weighted by Crippen LogP contribution is 2.28. The first-order valence-corrected chi connectivity index (χ1v) is 7.25. The Morgan fingerprint density at radius 3 is 3.00 bits per heavy atom. The predicted octanol–water partition coefficient (Wildman–Crippen LogP) is 2.82. The van der Waals surface area contributed by atoms with E-state index in [0.29, 0.717) is 0 Å². The van der Waals surface area contributed by atoms with Crippen molar-refractivity contribution in [2.45, 2.75) is 45.4 Å². The molecule has 0 aromatic carbocycles. The summed E-state index contributed by atoms with van der Waals surface area (Å²) in [6.45, 7) is 2.92. The Balaban J connectivity index is 1.56. The van der Waals surface area contributed by atoms with E-state index < -0.39 is 0 Å². The molecule has 0 radical (unpaired) electrons. The second-order valence-electron chi connectivity index (χ2n) is 5.44. The topological polar surface area (TPSA) is 55.1 Å². The first kappa shape index (κ1) is 12.4. The van der Waals surface area contributed by atoms with Crippen molar-refractivity contribution in [2.75, 3.05) is 11.9 Å². The fraction of sp³-hybridized carbons (Fsp3) is 0.643. The van der Waals surface area contributed by atoms with Crippen molar-refractivity contribution in [2.24, 2.45) is 5.92 Å². The Morgan fingerprint density at radius 1 is 1.32 bits per heavy atom. The van der Waals surface area contributed by atoms with Gasteiger partial charge in [-0.1, -0.05) is 25.7 Å². The number of fused-ring (bicyclic) bond motifs is 1. The Labute approximate surface area is 113 Å². The van der Waals surface area contributed by atoms with Gasteiger partial charge in [0.1, 0.15) is 5.82 Å². The van der Waals surface area contributed by atoms with Crippen LogP contribution in [0, 0.1) is 12.8 Å². The summed E-state index contributed by atoms with van der Waals surface area (Å²) in [6.07, 6.45) is 11.9. The van der Waals surface area contributed by atoms with E-state index in [1.807, 2.05) is 17.5 Å². The van der Waals surface area contributed by atoms with E-state index >= 15 is 0 Å². The molecule has 1 N–H and O–H groups in total. The molecule has 0 atom stereocenters. The molecule has 0 unspecified atom stereocenters. The van der Waals surface area contributed by atoms with Crippen LogP contribution in [0.2, 0.25) is 0 Å². The smallest absolute Gasteiger partial charge is 0.203 e. The SMILES string of the molecule is Cc1nnc2c(NCCCC3CCCC3)nccn12. The standard InChI is InChI=1S/C14H21N5/c1-11-17-18-14-13(16-9-10-19(11)14)15-8-4-7-12-5-2-3-6-12/h9-10,12H,2-8H2,1H3,(H,15,16). The fourth-order valence-corrected chi connectivity index (χ4v) is 2.96. The lowest BCUT2D eigenvalue weighted by Crippen LogP contribution is -2.07. The van der Waals surface area contributed by atoms with Gasteiger partial charge >= 0.3 is 0 Å². The van der Waals surface area contributed by atoms with Crippen molar-refractivity contribution < 1.29 is 0 Å². The molecule has 0 saturated heterocycles. The molecule has 0 bridgehead atoms. The molecule has 2 heterocycles. The maximum Gasteiger partial charge on any atom is 0.203 e. The molecule has 0 aliphatic heterocycles. The quantitative estimate of drug-likeness (QED) is 0.839. The van der Waals surface area contributed by atoms with Gasteiger partial charge < -0.3 is 5.32 Å². The molecule has 1 aliphatic carbocycles. The summed E-state index contributed by atoms with van der Waals surface area (Å²) >= 11 is 0. The number of nitrogens with zero attached hydrogens (tertiary/aromatic N) is 4. The number of anilines is 1. The molecule has 0 amide bonds. The lowest BCUT2D eigenvalue weighted by Gasteiger charge is -2.09. The first-order chi connectivity index (χ1) is 9.34. The molecule has 0 spiro atoms. The Bertz CT molecular complexity index is 542. The molecule has 19 heavy (non-hydrogen) atoms. The van der Waals surface area contributed by atoms with E-state index in [1.54, 1.807) is 6.20 Å². The predicted molar refractivity (Wildman–Crippen MR) is 75.2 cm³/mol. The largest absolute Gasteiger partial charge is 0.367 e. The Kier molecular flexibility index (Phi) is 3.62. The van der Waals surface area contributed by atoms with Gasteiger partial charge in [0.2, 0.25) is 5.65 Å². The van der Waals surface area contributed by atoms with Crippen LogP contribution in [0.1, 0.15) is 44.3 Å².